The first-order valence-electron chi connectivity index (χ1n) is 9.57. The van der Waals surface area contributed by atoms with Crippen LogP contribution in [-0.4, -0.2) is 59.7 Å². The molecular weight excluding hydrogens is 368 g/mol. The molecule has 1 saturated heterocycles. The zero-order chi connectivity index (χ0) is 20.2. The number of benzene rings is 1. The van der Waals surface area contributed by atoms with Gasteiger partial charge in [0.2, 0.25) is 0 Å². The number of aromatic amines is 1. The summed E-state index contributed by atoms with van der Waals surface area (Å²) < 4.78 is 5.35. The number of para-hydroxylation sites is 1. The van der Waals surface area contributed by atoms with E-state index in [1.54, 1.807) is 31.5 Å². The van der Waals surface area contributed by atoms with Crippen molar-refractivity contribution in [3.05, 3.63) is 58.3 Å². The van der Waals surface area contributed by atoms with Gasteiger partial charge < -0.3 is 14.6 Å². The van der Waals surface area contributed by atoms with Crippen molar-refractivity contribution in [1.29, 1.82) is 5.26 Å². The quantitative estimate of drug-likeness (QED) is 0.706. The molecule has 0 spiro atoms. The lowest BCUT2D eigenvalue weighted by atomic mass is 10.2. The lowest BCUT2D eigenvalue weighted by Crippen LogP contribution is -2.47. The standard InChI is InChI=1S/C21H22N6O2/c1-29-17-4-2-3-16-20(17)24-18(25-21(16)28)7-8-26-9-11-27(12-10-26)19-6-5-15(13-22)14-23-19/h2-6,14H,7-12H2,1H3,(H,24,25,28). The highest BCUT2D eigenvalue weighted by Gasteiger charge is 2.18. The molecule has 3 aromatic rings. The number of fused-ring (bicyclic) bond motifs is 1. The van der Waals surface area contributed by atoms with Crippen molar-refractivity contribution in [3.63, 3.8) is 0 Å². The lowest BCUT2D eigenvalue weighted by Gasteiger charge is -2.35. The largest absolute Gasteiger partial charge is 0.494 e. The Morgan fingerprint density at radius 2 is 2.03 bits per heavy atom. The van der Waals surface area contributed by atoms with Crippen LogP contribution in [0, 0.1) is 11.3 Å². The topological polar surface area (TPSA) is 98.1 Å². The van der Waals surface area contributed by atoms with Gasteiger partial charge in [-0.3, -0.25) is 9.69 Å². The third kappa shape index (κ3) is 4.05. The van der Waals surface area contributed by atoms with Crippen molar-refractivity contribution in [1.82, 2.24) is 19.9 Å². The summed E-state index contributed by atoms with van der Waals surface area (Å²) in [5, 5.41) is 9.43. The molecule has 0 bridgehead atoms. The van der Waals surface area contributed by atoms with Crippen molar-refractivity contribution >= 4 is 16.7 Å². The van der Waals surface area contributed by atoms with Crippen LogP contribution in [0.25, 0.3) is 10.9 Å². The second-order valence-electron chi connectivity index (χ2n) is 6.96. The number of piperazine rings is 1. The smallest absolute Gasteiger partial charge is 0.258 e. The van der Waals surface area contributed by atoms with Gasteiger partial charge in [0.15, 0.2) is 0 Å². The first-order valence-corrected chi connectivity index (χ1v) is 9.57. The van der Waals surface area contributed by atoms with Crippen LogP contribution in [0.1, 0.15) is 11.4 Å². The molecule has 0 aliphatic carbocycles. The van der Waals surface area contributed by atoms with Crippen LogP contribution in [0.2, 0.25) is 0 Å². The van der Waals surface area contributed by atoms with E-state index >= 15 is 0 Å². The minimum absolute atomic E-state index is 0.138. The zero-order valence-corrected chi connectivity index (χ0v) is 16.3. The molecule has 0 atom stereocenters. The lowest BCUT2D eigenvalue weighted by molar-refractivity contribution is 0.259. The second-order valence-corrected chi connectivity index (χ2v) is 6.96. The Morgan fingerprint density at radius 3 is 2.72 bits per heavy atom. The molecule has 0 saturated carbocycles. The predicted molar refractivity (Wildman–Crippen MR) is 110 cm³/mol. The fourth-order valence-corrected chi connectivity index (χ4v) is 3.57. The van der Waals surface area contributed by atoms with Crippen LogP contribution in [0.4, 0.5) is 5.82 Å². The molecule has 1 aromatic carbocycles. The zero-order valence-electron chi connectivity index (χ0n) is 16.3. The minimum Gasteiger partial charge on any atom is -0.494 e. The Labute approximate surface area is 168 Å². The summed E-state index contributed by atoms with van der Waals surface area (Å²) in [6.45, 7) is 4.37. The van der Waals surface area contributed by atoms with Crippen LogP contribution in [-0.2, 0) is 6.42 Å². The van der Waals surface area contributed by atoms with Gasteiger partial charge in [-0.1, -0.05) is 6.07 Å². The average molecular weight is 390 g/mol. The van der Waals surface area contributed by atoms with Gasteiger partial charge in [0.25, 0.3) is 5.56 Å². The number of pyridine rings is 1. The molecule has 0 radical (unpaired) electrons. The Kier molecular flexibility index (Phi) is 5.40. The van der Waals surface area contributed by atoms with Gasteiger partial charge in [-0.25, -0.2) is 9.97 Å². The summed E-state index contributed by atoms with van der Waals surface area (Å²) in [5.41, 5.74) is 1.03. The molecule has 1 aliphatic rings. The number of nitriles is 1. The van der Waals surface area contributed by atoms with E-state index in [0.29, 0.717) is 34.5 Å². The molecule has 29 heavy (non-hydrogen) atoms. The molecule has 3 heterocycles. The van der Waals surface area contributed by atoms with Crippen molar-refractivity contribution in [2.45, 2.75) is 6.42 Å². The highest BCUT2D eigenvalue weighted by atomic mass is 16.5. The summed E-state index contributed by atoms with van der Waals surface area (Å²) in [7, 11) is 1.58. The normalized spacial score (nSPS) is 14.7. The van der Waals surface area contributed by atoms with Crippen LogP contribution in [0.3, 0.4) is 0 Å². The summed E-state index contributed by atoms with van der Waals surface area (Å²) >= 11 is 0. The summed E-state index contributed by atoms with van der Waals surface area (Å²) in [5.74, 6) is 2.18. The highest BCUT2D eigenvalue weighted by Crippen LogP contribution is 2.20. The van der Waals surface area contributed by atoms with Crippen molar-refractivity contribution in [2.75, 3.05) is 44.7 Å². The van der Waals surface area contributed by atoms with E-state index in [-0.39, 0.29) is 5.56 Å². The minimum atomic E-state index is -0.138. The fourth-order valence-electron chi connectivity index (χ4n) is 3.57. The van der Waals surface area contributed by atoms with Gasteiger partial charge >= 0.3 is 0 Å². The molecule has 148 valence electrons. The molecule has 1 N–H and O–H groups in total. The first kappa shape index (κ1) is 18.9. The van der Waals surface area contributed by atoms with Gasteiger partial charge in [-0.2, -0.15) is 5.26 Å². The van der Waals surface area contributed by atoms with Crippen LogP contribution >= 0.6 is 0 Å². The van der Waals surface area contributed by atoms with Crippen molar-refractivity contribution in [2.24, 2.45) is 0 Å². The number of methoxy groups -OCH3 is 1. The maximum absolute atomic E-state index is 12.4. The number of aromatic nitrogens is 3. The number of hydrogen-bond donors (Lipinski definition) is 1. The van der Waals surface area contributed by atoms with Crippen molar-refractivity contribution < 1.29 is 4.74 Å². The maximum Gasteiger partial charge on any atom is 0.258 e. The molecule has 0 unspecified atom stereocenters. The van der Waals surface area contributed by atoms with E-state index in [1.165, 1.54) is 0 Å². The number of anilines is 1. The predicted octanol–water partition coefficient (Wildman–Crippen LogP) is 1.56. The average Bonchev–Trinajstić information content (AvgIpc) is 2.78. The third-order valence-corrected chi connectivity index (χ3v) is 5.21. The van der Waals surface area contributed by atoms with Crippen LogP contribution in [0.5, 0.6) is 5.75 Å². The van der Waals surface area contributed by atoms with Gasteiger partial charge in [0, 0.05) is 45.3 Å². The molecular formula is C21H22N6O2. The fraction of sp³-hybridized carbons (Fsp3) is 0.333. The third-order valence-electron chi connectivity index (χ3n) is 5.21. The summed E-state index contributed by atoms with van der Waals surface area (Å²) in [6.07, 6.45) is 2.27. The number of ether oxygens (including phenoxy) is 1. The first-order chi connectivity index (χ1) is 14.2. The number of rotatable bonds is 5. The second kappa shape index (κ2) is 8.29. The molecule has 0 amide bonds. The van der Waals surface area contributed by atoms with Gasteiger partial charge in [-0.15, -0.1) is 0 Å². The Hall–Kier alpha value is -3.44. The van der Waals surface area contributed by atoms with Gasteiger partial charge in [0.05, 0.1) is 18.1 Å². The molecule has 8 nitrogen and oxygen atoms in total. The van der Waals surface area contributed by atoms with Gasteiger partial charge in [-0.05, 0) is 24.3 Å². The SMILES string of the molecule is COc1cccc2c(=O)[nH]c(CCN3CCN(c4ccc(C#N)cn4)CC3)nc12. The van der Waals surface area contributed by atoms with E-state index < -0.39 is 0 Å². The Bertz CT molecular complexity index is 1090. The van der Waals surface area contributed by atoms with Gasteiger partial charge in [0.1, 0.15) is 29.0 Å². The Balaban J connectivity index is 1.38. The molecule has 1 aliphatic heterocycles. The number of nitrogens with zero attached hydrogens (tertiary/aromatic N) is 5. The molecule has 8 heteroatoms. The van der Waals surface area contributed by atoms with E-state index in [9.17, 15) is 4.79 Å². The highest BCUT2D eigenvalue weighted by molar-refractivity contribution is 5.83. The maximum atomic E-state index is 12.4. The van der Waals surface area contributed by atoms with Crippen LogP contribution in [0.15, 0.2) is 41.3 Å². The number of H-pyrrole nitrogens is 1. The summed E-state index contributed by atoms with van der Waals surface area (Å²) in [4.78, 5) is 28.8. The number of hydrogen-bond acceptors (Lipinski definition) is 7. The molecule has 4 rings (SSSR count). The monoisotopic (exact) mass is 390 g/mol. The molecule has 1 fully saturated rings. The Morgan fingerprint density at radius 1 is 1.21 bits per heavy atom. The van der Waals surface area contributed by atoms with E-state index in [0.717, 1.165) is 38.5 Å². The van der Waals surface area contributed by atoms with E-state index in [4.69, 9.17) is 10.00 Å². The summed E-state index contributed by atoms with van der Waals surface area (Å²) in [6, 6.07) is 11.1. The van der Waals surface area contributed by atoms with E-state index in [1.807, 2.05) is 12.1 Å². The number of nitrogens with one attached hydrogen (secondary N) is 1. The van der Waals surface area contributed by atoms with E-state index in [2.05, 4.69) is 30.8 Å². The van der Waals surface area contributed by atoms with Crippen LogP contribution < -0.4 is 15.2 Å². The molecule has 2 aromatic heterocycles. The van der Waals surface area contributed by atoms with Crippen molar-refractivity contribution in [3.8, 4) is 11.8 Å².